The van der Waals surface area contributed by atoms with Gasteiger partial charge in [0.1, 0.15) is 6.61 Å². The smallest absolute Gasteiger partial charge is 0.311 e. The zero-order valence-electron chi connectivity index (χ0n) is 13.1. The van der Waals surface area contributed by atoms with Crippen molar-refractivity contribution in [1.82, 2.24) is 9.97 Å². The number of aromatic amines is 1. The number of hydrogen-bond donors (Lipinski definition) is 2. The van der Waals surface area contributed by atoms with Crippen molar-refractivity contribution in [3.05, 3.63) is 24.3 Å². The Morgan fingerprint density at radius 2 is 2.18 bits per heavy atom. The number of imidazole rings is 1. The van der Waals surface area contributed by atoms with E-state index in [9.17, 15) is 9.90 Å². The Kier molecular flexibility index (Phi) is 5.47. The van der Waals surface area contributed by atoms with Crippen LogP contribution in [0.5, 0.6) is 0 Å². The zero-order valence-corrected chi connectivity index (χ0v) is 13.9. The molecule has 120 valence electrons. The number of rotatable bonds is 7. The van der Waals surface area contributed by atoms with Gasteiger partial charge in [-0.1, -0.05) is 30.8 Å². The SMILES string of the molecule is CCC(C)(C)C(=O)OCC(O)CSc1nc2ccccc2[nH]1. The Labute approximate surface area is 134 Å². The van der Waals surface area contributed by atoms with E-state index in [2.05, 4.69) is 9.97 Å². The van der Waals surface area contributed by atoms with Crippen molar-refractivity contribution in [2.45, 2.75) is 38.5 Å². The number of aromatic nitrogens is 2. The predicted molar refractivity (Wildman–Crippen MR) is 87.9 cm³/mol. The van der Waals surface area contributed by atoms with Gasteiger partial charge in [-0.05, 0) is 32.4 Å². The minimum atomic E-state index is -0.713. The number of carbonyl (C=O) groups is 1. The van der Waals surface area contributed by atoms with Crippen LogP contribution in [0.3, 0.4) is 0 Å². The predicted octanol–water partition coefficient (Wildman–Crippen LogP) is 3.00. The van der Waals surface area contributed by atoms with Gasteiger partial charge in [-0.3, -0.25) is 4.79 Å². The fraction of sp³-hybridized carbons (Fsp3) is 0.500. The molecular weight excluding hydrogens is 300 g/mol. The standard InChI is InChI=1S/C16H22N2O3S/c1-4-16(2,3)14(20)21-9-11(19)10-22-15-17-12-7-5-6-8-13(12)18-15/h5-8,11,19H,4,9-10H2,1-3H3,(H,17,18). The van der Waals surface area contributed by atoms with Crippen molar-refractivity contribution < 1.29 is 14.6 Å². The summed E-state index contributed by atoms with van der Waals surface area (Å²) in [6.45, 7) is 5.63. The highest BCUT2D eigenvalue weighted by molar-refractivity contribution is 7.99. The van der Waals surface area contributed by atoms with E-state index in [4.69, 9.17) is 4.74 Å². The average Bonchev–Trinajstić information content (AvgIpc) is 2.93. The van der Waals surface area contributed by atoms with E-state index in [-0.39, 0.29) is 12.6 Å². The molecule has 6 heteroatoms. The number of nitrogens with zero attached hydrogens (tertiary/aromatic N) is 1. The summed E-state index contributed by atoms with van der Waals surface area (Å²) in [7, 11) is 0. The van der Waals surface area contributed by atoms with Gasteiger partial charge in [0.15, 0.2) is 5.16 Å². The van der Waals surface area contributed by atoms with Crippen molar-refractivity contribution in [2.75, 3.05) is 12.4 Å². The van der Waals surface area contributed by atoms with Crippen molar-refractivity contribution in [1.29, 1.82) is 0 Å². The quantitative estimate of drug-likeness (QED) is 0.605. The summed E-state index contributed by atoms with van der Waals surface area (Å²) in [4.78, 5) is 19.4. The number of benzene rings is 1. The Balaban J connectivity index is 1.80. The number of ether oxygens (including phenoxy) is 1. The fourth-order valence-corrected chi connectivity index (χ4v) is 2.52. The van der Waals surface area contributed by atoms with E-state index in [1.807, 2.05) is 45.0 Å². The van der Waals surface area contributed by atoms with Gasteiger partial charge in [0.2, 0.25) is 0 Å². The van der Waals surface area contributed by atoms with E-state index in [1.165, 1.54) is 11.8 Å². The molecule has 1 aromatic carbocycles. The van der Waals surface area contributed by atoms with Crippen LogP contribution in [-0.2, 0) is 9.53 Å². The van der Waals surface area contributed by atoms with E-state index >= 15 is 0 Å². The molecule has 0 bridgehead atoms. The molecule has 1 heterocycles. The van der Waals surface area contributed by atoms with Crippen LogP contribution >= 0.6 is 11.8 Å². The largest absolute Gasteiger partial charge is 0.462 e. The molecule has 2 N–H and O–H groups in total. The highest BCUT2D eigenvalue weighted by Gasteiger charge is 2.27. The zero-order chi connectivity index (χ0) is 16.2. The summed E-state index contributed by atoms with van der Waals surface area (Å²) in [5.74, 6) is 0.141. The number of para-hydroxylation sites is 2. The van der Waals surface area contributed by atoms with E-state index in [1.54, 1.807) is 0 Å². The molecule has 0 saturated heterocycles. The van der Waals surface area contributed by atoms with Gasteiger partial charge >= 0.3 is 5.97 Å². The minimum absolute atomic E-state index is 0.00942. The number of fused-ring (bicyclic) bond motifs is 1. The first-order valence-corrected chi connectivity index (χ1v) is 8.34. The molecule has 0 aliphatic carbocycles. The van der Waals surface area contributed by atoms with Crippen molar-refractivity contribution in [3.8, 4) is 0 Å². The van der Waals surface area contributed by atoms with E-state index < -0.39 is 11.5 Å². The Bertz CT molecular complexity index is 606. The molecule has 2 aromatic rings. The topological polar surface area (TPSA) is 75.2 Å². The molecule has 1 aromatic heterocycles. The number of nitrogens with one attached hydrogen (secondary N) is 1. The van der Waals surface area contributed by atoms with Gasteiger partial charge in [0.05, 0.1) is 22.6 Å². The number of hydrogen-bond acceptors (Lipinski definition) is 5. The first kappa shape index (κ1) is 16.8. The van der Waals surface area contributed by atoms with Crippen LogP contribution in [0.2, 0.25) is 0 Å². The summed E-state index contributed by atoms with van der Waals surface area (Å²) in [5.41, 5.74) is 1.36. The Morgan fingerprint density at radius 3 is 2.86 bits per heavy atom. The molecule has 0 radical (unpaired) electrons. The molecule has 0 saturated carbocycles. The number of aliphatic hydroxyl groups excluding tert-OH is 1. The van der Waals surface area contributed by atoms with Crippen LogP contribution in [0, 0.1) is 5.41 Å². The molecular formula is C16H22N2O3S. The van der Waals surface area contributed by atoms with Gasteiger partial charge < -0.3 is 14.8 Å². The summed E-state index contributed by atoms with van der Waals surface area (Å²) in [6.07, 6.45) is -0.00910. The van der Waals surface area contributed by atoms with E-state index in [0.29, 0.717) is 12.2 Å². The van der Waals surface area contributed by atoms with Gasteiger partial charge in [-0.2, -0.15) is 0 Å². The first-order valence-electron chi connectivity index (χ1n) is 7.35. The number of esters is 1. The summed E-state index contributed by atoms with van der Waals surface area (Å²) in [5, 5.41) is 10.7. The van der Waals surface area contributed by atoms with Gasteiger partial charge in [-0.25, -0.2) is 4.98 Å². The number of carbonyl (C=O) groups excluding carboxylic acids is 1. The maximum Gasteiger partial charge on any atom is 0.311 e. The minimum Gasteiger partial charge on any atom is -0.462 e. The first-order chi connectivity index (χ1) is 10.4. The third kappa shape index (κ3) is 4.24. The second kappa shape index (κ2) is 7.15. The molecule has 0 aliphatic heterocycles. The lowest BCUT2D eigenvalue weighted by Crippen LogP contribution is -2.29. The second-order valence-corrected chi connectivity index (χ2v) is 6.87. The summed E-state index contributed by atoms with van der Waals surface area (Å²) in [6, 6.07) is 7.76. The molecule has 0 aliphatic rings. The van der Waals surface area contributed by atoms with Crippen LogP contribution < -0.4 is 0 Å². The molecule has 1 atom stereocenters. The van der Waals surface area contributed by atoms with Crippen LogP contribution in [0.15, 0.2) is 29.4 Å². The van der Waals surface area contributed by atoms with Crippen molar-refractivity contribution >= 4 is 28.8 Å². The normalized spacial score (nSPS) is 13.3. The van der Waals surface area contributed by atoms with E-state index in [0.717, 1.165) is 16.2 Å². The van der Waals surface area contributed by atoms with Gasteiger partial charge in [0.25, 0.3) is 0 Å². The lowest BCUT2D eigenvalue weighted by molar-refractivity contribution is -0.156. The lowest BCUT2D eigenvalue weighted by atomic mass is 9.91. The van der Waals surface area contributed by atoms with Gasteiger partial charge in [0, 0.05) is 5.75 Å². The fourth-order valence-electron chi connectivity index (χ4n) is 1.73. The maximum atomic E-state index is 11.8. The summed E-state index contributed by atoms with van der Waals surface area (Å²) < 4.78 is 5.17. The molecule has 22 heavy (non-hydrogen) atoms. The Hall–Kier alpha value is -1.53. The molecule has 0 fully saturated rings. The molecule has 5 nitrogen and oxygen atoms in total. The number of aliphatic hydroxyl groups is 1. The molecule has 2 rings (SSSR count). The summed E-state index contributed by atoms with van der Waals surface area (Å²) >= 11 is 1.41. The maximum absolute atomic E-state index is 11.8. The number of H-pyrrole nitrogens is 1. The highest BCUT2D eigenvalue weighted by atomic mass is 32.2. The van der Waals surface area contributed by atoms with Crippen LogP contribution in [0.25, 0.3) is 11.0 Å². The van der Waals surface area contributed by atoms with Crippen LogP contribution in [0.1, 0.15) is 27.2 Å². The van der Waals surface area contributed by atoms with Gasteiger partial charge in [-0.15, -0.1) is 0 Å². The average molecular weight is 322 g/mol. The van der Waals surface area contributed by atoms with Crippen molar-refractivity contribution in [2.24, 2.45) is 5.41 Å². The van der Waals surface area contributed by atoms with Crippen LogP contribution in [-0.4, -0.2) is 39.5 Å². The lowest BCUT2D eigenvalue weighted by Gasteiger charge is -2.21. The monoisotopic (exact) mass is 322 g/mol. The second-order valence-electron chi connectivity index (χ2n) is 5.86. The molecule has 0 spiro atoms. The van der Waals surface area contributed by atoms with Crippen LogP contribution in [0.4, 0.5) is 0 Å². The third-order valence-corrected chi connectivity index (χ3v) is 4.64. The third-order valence-electron chi connectivity index (χ3n) is 3.62. The molecule has 1 unspecified atom stereocenters. The number of thioether (sulfide) groups is 1. The van der Waals surface area contributed by atoms with Crippen molar-refractivity contribution in [3.63, 3.8) is 0 Å². The highest BCUT2D eigenvalue weighted by Crippen LogP contribution is 2.22. The molecule has 0 amide bonds. The Morgan fingerprint density at radius 1 is 1.45 bits per heavy atom.